The summed E-state index contributed by atoms with van der Waals surface area (Å²) in [7, 11) is 0. The van der Waals surface area contributed by atoms with Crippen molar-refractivity contribution in [1.29, 1.82) is 0 Å². The third-order valence-electron chi connectivity index (χ3n) is 6.45. The van der Waals surface area contributed by atoms with Gasteiger partial charge < -0.3 is 26.4 Å². The topological polar surface area (TPSA) is 120 Å². The summed E-state index contributed by atoms with van der Waals surface area (Å²) in [5, 5.41) is 21.6. The monoisotopic (exact) mass is 498 g/mol. The summed E-state index contributed by atoms with van der Waals surface area (Å²) in [4.78, 5) is 35.3. The third kappa shape index (κ3) is 21.3. The smallest absolute Gasteiger partial charge is 0.307 e. The van der Waals surface area contributed by atoms with E-state index in [0.717, 1.165) is 45.3 Å². The van der Waals surface area contributed by atoms with Crippen molar-refractivity contribution in [2.45, 2.75) is 104 Å². The number of hydrogen-bond donors (Lipinski definition) is 5. The van der Waals surface area contributed by atoms with Gasteiger partial charge in [-0.3, -0.25) is 14.4 Å². The summed E-state index contributed by atoms with van der Waals surface area (Å²) in [6.07, 6.45) is 13.6. The molecule has 35 heavy (non-hydrogen) atoms. The van der Waals surface area contributed by atoms with Crippen LogP contribution in [-0.4, -0.2) is 62.2 Å². The summed E-state index contributed by atoms with van der Waals surface area (Å²) >= 11 is 0. The zero-order chi connectivity index (χ0) is 26.2. The molecule has 0 rings (SSSR count). The second-order valence-corrected chi connectivity index (χ2v) is 9.66. The van der Waals surface area contributed by atoms with E-state index in [0.29, 0.717) is 26.1 Å². The molecule has 2 unspecified atom stereocenters. The van der Waals surface area contributed by atoms with Gasteiger partial charge in [-0.05, 0) is 12.8 Å². The Morgan fingerprint density at radius 3 is 1.69 bits per heavy atom. The molecule has 0 aliphatic rings. The van der Waals surface area contributed by atoms with Crippen molar-refractivity contribution in [3.8, 4) is 0 Å². The van der Waals surface area contributed by atoms with E-state index in [1.807, 2.05) is 13.8 Å². The Bertz CT molecular complexity index is 545. The van der Waals surface area contributed by atoms with E-state index in [1.54, 1.807) is 0 Å². The molecule has 0 aromatic heterocycles. The molecule has 2 amide bonds. The molecule has 0 heterocycles. The standard InChI is InChI=1S/C27H54N4O4/c1-4-6-7-8-9-10-11-12-13-14-15-24(27(34)35)22-25(32)30-20-18-28-16-17-29-19-21-31-26(33)23(3)5-2/h23-24,28-29H,4-22H2,1-3H3,(H,30,32)(H,31,33)(H,34,35). The molecular formula is C27H54N4O4. The number of aliphatic carboxylic acids is 1. The average molecular weight is 499 g/mol. The number of hydrogen-bond acceptors (Lipinski definition) is 5. The number of nitrogens with one attached hydrogen (secondary N) is 4. The quantitative estimate of drug-likeness (QED) is 0.122. The predicted molar refractivity (Wildman–Crippen MR) is 143 cm³/mol. The van der Waals surface area contributed by atoms with Gasteiger partial charge in [-0.1, -0.05) is 85.0 Å². The van der Waals surface area contributed by atoms with Crippen LogP contribution in [0, 0.1) is 11.8 Å². The maximum absolute atomic E-state index is 12.1. The molecule has 0 bridgehead atoms. The van der Waals surface area contributed by atoms with Gasteiger partial charge in [0, 0.05) is 51.6 Å². The molecule has 0 fully saturated rings. The molecule has 0 aliphatic carbocycles. The van der Waals surface area contributed by atoms with Crippen LogP contribution >= 0.6 is 0 Å². The molecule has 5 N–H and O–H groups in total. The minimum absolute atomic E-state index is 0.0523. The molecule has 2 atom stereocenters. The number of amides is 2. The highest BCUT2D eigenvalue weighted by Crippen LogP contribution is 2.16. The normalized spacial score (nSPS) is 12.8. The van der Waals surface area contributed by atoms with Crippen molar-refractivity contribution < 1.29 is 19.5 Å². The van der Waals surface area contributed by atoms with E-state index >= 15 is 0 Å². The molecule has 206 valence electrons. The van der Waals surface area contributed by atoms with Crippen LogP contribution in [0.1, 0.15) is 104 Å². The Morgan fingerprint density at radius 2 is 1.17 bits per heavy atom. The molecule has 8 heteroatoms. The average Bonchev–Trinajstić information content (AvgIpc) is 2.84. The van der Waals surface area contributed by atoms with Crippen molar-refractivity contribution >= 4 is 17.8 Å². The summed E-state index contributed by atoms with van der Waals surface area (Å²) < 4.78 is 0. The lowest BCUT2D eigenvalue weighted by Gasteiger charge is -2.13. The number of carbonyl (C=O) groups excluding carboxylic acids is 2. The summed E-state index contributed by atoms with van der Waals surface area (Å²) in [5.41, 5.74) is 0. The van der Waals surface area contributed by atoms with Crippen LogP contribution in [0.5, 0.6) is 0 Å². The van der Waals surface area contributed by atoms with Gasteiger partial charge in [0.05, 0.1) is 5.92 Å². The van der Waals surface area contributed by atoms with Crippen LogP contribution < -0.4 is 21.3 Å². The lowest BCUT2D eigenvalue weighted by molar-refractivity contribution is -0.144. The highest BCUT2D eigenvalue weighted by molar-refractivity contribution is 5.82. The van der Waals surface area contributed by atoms with Gasteiger partial charge in [-0.2, -0.15) is 0 Å². The summed E-state index contributed by atoms with van der Waals surface area (Å²) in [5.74, 6) is -1.52. The van der Waals surface area contributed by atoms with Gasteiger partial charge >= 0.3 is 5.97 Å². The Balaban J connectivity index is 3.65. The number of unbranched alkanes of at least 4 members (excludes halogenated alkanes) is 9. The molecule has 0 aromatic carbocycles. The van der Waals surface area contributed by atoms with Crippen molar-refractivity contribution in [1.82, 2.24) is 21.3 Å². The summed E-state index contributed by atoms with van der Waals surface area (Å²) in [6, 6.07) is 0. The maximum atomic E-state index is 12.1. The van der Waals surface area contributed by atoms with Gasteiger partial charge in [0.25, 0.3) is 0 Å². The molecule has 8 nitrogen and oxygen atoms in total. The fourth-order valence-electron chi connectivity index (χ4n) is 3.84. The number of carboxylic acid groups (broad SMARTS) is 1. The predicted octanol–water partition coefficient (Wildman–Crippen LogP) is 3.85. The lowest BCUT2D eigenvalue weighted by Crippen LogP contribution is -2.38. The largest absolute Gasteiger partial charge is 0.481 e. The second kappa shape index (κ2) is 24.0. The van der Waals surface area contributed by atoms with Gasteiger partial charge in [-0.25, -0.2) is 0 Å². The van der Waals surface area contributed by atoms with E-state index in [1.165, 1.54) is 44.9 Å². The third-order valence-corrected chi connectivity index (χ3v) is 6.45. The molecule has 0 aliphatic heterocycles. The van der Waals surface area contributed by atoms with Crippen molar-refractivity contribution in [2.75, 3.05) is 39.3 Å². The van der Waals surface area contributed by atoms with Gasteiger partial charge in [0.15, 0.2) is 0 Å². The fraction of sp³-hybridized carbons (Fsp3) is 0.889. The zero-order valence-corrected chi connectivity index (χ0v) is 22.8. The Morgan fingerprint density at radius 1 is 0.686 bits per heavy atom. The first-order chi connectivity index (χ1) is 16.9. The van der Waals surface area contributed by atoms with Crippen LogP contribution in [0.15, 0.2) is 0 Å². The van der Waals surface area contributed by atoms with Crippen LogP contribution in [0.4, 0.5) is 0 Å². The first-order valence-corrected chi connectivity index (χ1v) is 14.1. The Kier molecular flexibility index (Phi) is 22.9. The maximum Gasteiger partial charge on any atom is 0.307 e. The van der Waals surface area contributed by atoms with E-state index in [9.17, 15) is 19.5 Å². The number of rotatable bonds is 25. The highest BCUT2D eigenvalue weighted by atomic mass is 16.4. The first kappa shape index (κ1) is 33.3. The van der Waals surface area contributed by atoms with E-state index < -0.39 is 11.9 Å². The Labute approximate surface area is 214 Å². The zero-order valence-electron chi connectivity index (χ0n) is 22.8. The van der Waals surface area contributed by atoms with Crippen molar-refractivity contribution in [3.63, 3.8) is 0 Å². The summed E-state index contributed by atoms with van der Waals surface area (Å²) in [6.45, 7) is 10.1. The van der Waals surface area contributed by atoms with Gasteiger partial charge in [0.2, 0.25) is 11.8 Å². The van der Waals surface area contributed by atoms with Crippen molar-refractivity contribution in [3.05, 3.63) is 0 Å². The number of carboxylic acids is 1. The second-order valence-electron chi connectivity index (χ2n) is 9.66. The molecule has 0 radical (unpaired) electrons. The SMILES string of the molecule is CCCCCCCCCCCCC(CC(=O)NCCNCCNCCNC(=O)C(C)CC)C(=O)O. The van der Waals surface area contributed by atoms with Crippen LogP contribution in [0.3, 0.4) is 0 Å². The van der Waals surface area contributed by atoms with E-state index in [-0.39, 0.29) is 24.2 Å². The molecule has 0 saturated carbocycles. The van der Waals surface area contributed by atoms with Gasteiger partial charge in [-0.15, -0.1) is 0 Å². The minimum Gasteiger partial charge on any atom is -0.481 e. The first-order valence-electron chi connectivity index (χ1n) is 14.1. The number of carbonyl (C=O) groups is 3. The minimum atomic E-state index is -0.874. The molecule has 0 saturated heterocycles. The highest BCUT2D eigenvalue weighted by Gasteiger charge is 2.20. The molecule has 0 spiro atoms. The van der Waals surface area contributed by atoms with E-state index in [4.69, 9.17) is 0 Å². The van der Waals surface area contributed by atoms with Crippen molar-refractivity contribution in [2.24, 2.45) is 11.8 Å². The van der Waals surface area contributed by atoms with Crippen LogP contribution in [-0.2, 0) is 14.4 Å². The van der Waals surface area contributed by atoms with Crippen LogP contribution in [0.25, 0.3) is 0 Å². The Hall–Kier alpha value is -1.67. The fourth-order valence-corrected chi connectivity index (χ4v) is 3.84. The van der Waals surface area contributed by atoms with Crippen LogP contribution in [0.2, 0.25) is 0 Å². The lowest BCUT2D eigenvalue weighted by atomic mass is 9.96. The molecular weight excluding hydrogens is 444 g/mol. The van der Waals surface area contributed by atoms with E-state index in [2.05, 4.69) is 28.2 Å². The molecule has 0 aromatic rings. The van der Waals surface area contributed by atoms with Gasteiger partial charge in [0.1, 0.15) is 0 Å².